The summed E-state index contributed by atoms with van der Waals surface area (Å²) in [6.07, 6.45) is 0.627. The summed E-state index contributed by atoms with van der Waals surface area (Å²) in [4.78, 5) is 13.7. The van der Waals surface area contributed by atoms with E-state index in [1.165, 1.54) is 0 Å². The summed E-state index contributed by atoms with van der Waals surface area (Å²) >= 11 is 0. The first-order chi connectivity index (χ1) is 8.26. The molecular weight excluding hydrogens is 230 g/mol. The normalized spacial score (nSPS) is 26.3. The summed E-state index contributed by atoms with van der Waals surface area (Å²) in [5.74, 6) is 0.181. The third-order valence-corrected chi connectivity index (χ3v) is 3.20. The average molecular weight is 255 g/mol. The second-order valence-electron chi connectivity index (χ2n) is 5.60. The van der Waals surface area contributed by atoms with Crippen LogP contribution in [-0.4, -0.2) is 36.0 Å². The van der Waals surface area contributed by atoms with Gasteiger partial charge in [0.1, 0.15) is 5.72 Å². The van der Waals surface area contributed by atoms with E-state index >= 15 is 0 Å². The molecule has 0 saturated carbocycles. The lowest BCUT2D eigenvalue weighted by Gasteiger charge is -2.38. The molecule has 0 aliphatic carbocycles. The van der Waals surface area contributed by atoms with Crippen molar-refractivity contribution in [3.63, 3.8) is 0 Å². The number of esters is 1. The minimum Gasteiger partial charge on any atom is -0.443 e. The van der Waals surface area contributed by atoms with Crippen molar-refractivity contribution in [1.29, 1.82) is 0 Å². The van der Waals surface area contributed by atoms with Crippen LogP contribution in [0.4, 0.5) is 0 Å². The largest absolute Gasteiger partial charge is 0.443 e. The second-order valence-corrected chi connectivity index (χ2v) is 5.60. The summed E-state index contributed by atoms with van der Waals surface area (Å²) in [6, 6.07) is 0. The zero-order chi connectivity index (χ0) is 13.9. The first-order valence-corrected chi connectivity index (χ1v) is 6.53. The highest BCUT2D eigenvalue weighted by Crippen LogP contribution is 2.32. The van der Waals surface area contributed by atoms with Gasteiger partial charge in [0.25, 0.3) is 0 Å². The van der Waals surface area contributed by atoms with Crippen molar-refractivity contribution in [1.82, 2.24) is 4.90 Å². The summed E-state index contributed by atoms with van der Waals surface area (Å²) in [7, 11) is 0. The SMILES string of the molecule is C=C(C)C(=O)OC(C)N1CCOC1(C)CC(C)C. The maximum absolute atomic E-state index is 11.6. The molecule has 2 atom stereocenters. The number of ether oxygens (including phenoxy) is 2. The highest BCUT2D eigenvalue weighted by atomic mass is 16.6. The fourth-order valence-corrected chi connectivity index (χ4v) is 2.50. The first kappa shape index (κ1) is 15.2. The van der Waals surface area contributed by atoms with Crippen molar-refractivity contribution in [2.24, 2.45) is 5.92 Å². The van der Waals surface area contributed by atoms with Crippen LogP contribution in [0.25, 0.3) is 0 Å². The van der Waals surface area contributed by atoms with Gasteiger partial charge in [-0.3, -0.25) is 0 Å². The van der Waals surface area contributed by atoms with Crippen LogP contribution >= 0.6 is 0 Å². The third-order valence-electron chi connectivity index (χ3n) is 3.20. The molecule has 2 unspecified atom stereocenters. The molecule has 0 aromatic heterocycles. The maximum atomic E-state index is 11.6. The number of nitrogens with zero attached hydrogens (tertiary/aromatic N) is 1. The van der Waals surface area contributed by atoms with E-state index < -0.39 is 0 Å². The summed E-state index contributed by atoms with van der Waals surface area (Å²) < 4.78 is 11.2. The molecular formula is C14H25NO3. The third kappa shape index (κ3) is 3.56. The fourth-order valence-electron chi connectivity index (χ4n) is 2.50. The Morgan fingerprint density at radius 1 is 1.50 bits per heavy atom. The Morgan fingerprint density at radius 2 is 2.11 bits per heavy atom. The van der Waals surface area contributed by atoms with Gasteiger partial charge in [-0.05, 0) is 33.1 Å². The summed E-state index contributed by atoms with van der Waals surface area (Å²) in [6.45, 7) is 15.0. The minimum absolute atomic E-state index is 0.291. The van der Waals surface area contributed by atoms with Crippen LogP contribution < -0.4 is 0 Å². The Kier molecular flexibility index (Phi) is 4.93. The topological polar surface area (TPSA) is 38.8 Å². The maximum Gasteiger partial charge on any atom is 0.334 e. The number of hydrogen-bond donors (Lipinski definition) is 0. The quantitative estimate of drug-likeness (QED) is 0.559. The Morgan fingerprint density at radius 3 is 2.61 bits per heavy atom. The Hall–Kier alpha value is -0.870. The van der Waals surface area contributed by atoms with E-state index in [0.717, 1.165) is 13.0 Å². The Labute approximate surface area is 110 Å². The first-order valence-electron chi connectivity index (χ1n) is 6.53. The number of rotatable bonds is 5. The van der Waals surface area contributed by atoms with Gasteiger partial charge < -0.3 is 9.47 Å². The molecule has 1 heterocycles. The molecule has 0 N–H and O–H groups in total. The predicted octanol–water partition coefficient (Wildman–Crippen LogP) is 2.55. The second kappa shape index (κ2) is 5.85. The molecule has 1 fully saturated rings. The van der Waals surface area contributed by atoms with Gasteiger partial charge in [-0.15, -0.1) is 0 Å². The molecule has 0 spiro atoms. The van der Waals surface area contributed by atoms with Crippen molar-refractivity contribution < 1.29 is 14.3 Å². The van der Waals surface area contributed by atoms with Gasteiger partial charge in [-0.25, -0.2) is 9.69 Å². The monoisotopic (exact) mass is 255 g/mol. The van der Waals surface area contributed by atoms with Crippen molar-refractivity contribution in [3.8, 4) is 0 Å². The highest BCUT2D eigenvalue weighted by molar-refractivity contribution is 5.87. The van der Waals surface area contributed by atoms with E-state index in [1.54, 1.807) is 6.92 Å². The molecule has 0 aromatic carbocycles. The van der Waals surface area contributed by atoms with Gasteiger partial charge in [0.15, 0.2) is 6.23 Å². The van der Waals surface area contributed by atoms with Crippen LogP contribution in [0.15, 0.2) is 12.2 Å². The molecule has 18 heavy (non-hydrogen) atoms. The van der Waals surface area contributed by atoms with E-state index in [9.17, 15) is 4.79 Å². The van der Waals surface area contributed by atoms with Gasteiger partial charge in [-0.2, -0.15) is 0 Å². The molecule has 1 rings (SSSR count). The van der Waals surface area contributed by atoms with Crippen LogP contribution in [-0.2, 0) is 14.3 Å². The van der Waals surface area contributed by atoms with Crippen LogP contribution in [0.1, 0.15) is 41.0 Å². The number of carbonyl (C=O) groups excluding carboxylic acids is 1. The van der Waals surface area contributed by atoms with Crippen LogP contribution in [0, 0.1) is 5.92 Å². The molecule has 0 aromatic rings. The van der Waals surface area contributed by atoms with Crippen molar-refractivity contribution in [3.05, 3.63) is 12.2 Å². The highest BCUT2D eigenvalue weighted by Gasteiger charge is 2.42. The predicted molar refractivity (Wildman–Crippen MR) is 70.9 cm³/mol. The van der Waals surface area contributed by atoms with Crippen molar-refractivity contribution in [2.75, 3.05) is 13.2 Å². The molecule has 0 radical (unpaired) electrons. The van der Waals surface area contributed by atoms with Crippen LogP contribution in [0.5, 0.6) is 0 Å². The Bertz CT molecular complexity index is 327. The summed E-state index contributed by atoms with van der Waals surface area (Å²) in [5.41, 5.74) is 0.0793. The van der Waals surface area contributed by atoms with Gasteiger partial charge in [-0.1, -0.05) is 20.4 Å². The molecule has 0 amide bonds. The summed E-state index contributed by atoms with van der Waals surface area (Å²) in [5, 5.41) is 0. The van der Waals surface area contributed by atoms with Gasteiger partial charge in [0.05, 0.1) is 6.61 Å². The van der Waals surface area contributed by atoms with E-state index in [4.69, 9.17) is 9.47 Å². The van der Waals surface area contributed by atoms with E-state index in [0.29, 0.717) is 18.1 Å². The lowest BCUT2D eigenvalue weighted by Crippen LogP contribution is -2.49. The van der Waals surface area contributed by atoms with Gasteiger partial charge >= 0.3 is 5.97 Å². The fraction of sp³-hybridized carbons (Fsp3) is 0.786. The van der Waals surface area contributed by atoms with Crippen LogP contribution in [0.3, 0.4) is 0 Å². The Balaban J connectivity index is 2.68. The smallest absolute Gasteiger partial charge is 0.334 e. The van der Waals surface area contributed by atoms with Gasteiger partial charge in [0.2, 0.25) is 0 Å². The molecule has 1 aliphatic rings. The minimum atomic E-state index is -0.346. The lowest BCUT2D eigenvalue weighted by atomic mass is 10.0. The molecule has 1 aliphatic heterocycles. The zero-order valence-corrected chi connectivity index (χ0v) is 12.2. The molecule has 4 nitrogen and oxygen atoms in total. The van der Waals surface area contributed by atoms with Crippen LogP contribution in [0.2, 0.25) is 0 Å². The molecule has 1 saturated heterocycles. The van der Waals surface area contributed by atoms with Crippen molar-refractivity contribution >= 4 is 5.97 Å². The van der Waals surface area contributed by atoms with E-state index in [1.807, 2.05) is 6.92 Å². The van der Waals surface area contributed by atoms with Gasteiger partial charge in [0, 0.05) is 12.1 Å². The zero-order valence-electron chi connectivity index (χ0n) is 12.2. The number of carbonyl (C=O) groups is 1. The average Bonchev–Trinajstić information content (AvgIpc) is 2.58. The standard InChI is InChI=1S/C14H25NO3/c1-10(2)9-14(6)15(7-8-17-14)12(5)18-13(16)11(3)4/h10,12H,3,7-9H2,1-2,4-6H3. The molecule has 104 valence electrons. The lowest BCUT2D eigenvalue weighted by molar-refractivity contribution is -0.173. The molecule has 0 bridgehead atoms. The number of hydrogen-bond acceptors (Lipinski definition) is 4. The van der Waals surface area contributed by atoms with Crippen molar-refractivity contribution in [2.45, 2.75) is 53.0 Å². The van der Waals surface area contributed by atoms with E-state index in [-0.39, 0.29) is 17.9 Å². The molecule has 4 heteroatoms. The van der Waals surface area contributed by atoms with E-state index in [2.05, 4.69) is 32.3 Å².